The van der Waals surface area contributed by atoms with Gasteiger partial charge < -0.3 is 24.5 Å². The molecule has 1 atom stereocenters. The van der Waals surface area contributed by atoms with E-state index in [9.17, 15) is 9.59 Å². The molecule has 5 rings (SSSR count). The van der Waals surface area contributed by atoms with Crippen LogP contribution in [0, 0.1) is 0 Å². The van der Waals surface area contributed by atoms with Crippen LogP contribution in [0.2, 0.25) is 0 Å². The Hall–Kier alpha value is -5.04. The lowest BCUT2D eigenvalue weighted by molar-refractivity contribution is -0.142. The van der Waals surface area contributed by atoms with E-state index in [1.807, 2.05) is 66.7 Å². The van der Waals surface area contributed by atoms with Gasteiger partial charge in [-0.25, -0.2) is 4.79 Å². The summed E-state index contributed by atoms with van der Waals surface area (Å²) in [5.74, 6) is 0.936. The number of carbonyl (C=O) groups is 2. The quantitative estimate of drug-likeness (QED) is 0.0831. The Bertz CT molecular complexity index is 1670. The molecule has 0 saturated carbocycles. The van der Waals surface area contributed by atoms with Gasteiger partial charge in [0.1, 0.15) is 30.8 Å². The fourth-order valence-electron chi connectivity index (χ4n) is 4.73. The minimum atomic E-state index is -0.644. The average Bonchev–Trinajstić information content (AvgIpc) is 3.37. The van der Waals surface area contributed by atoms with E-state index in [0.717, 1.165) is 22.3 Å². The maximum atomic E-state index is 12.5. The van der Waals surface area contributed by atoms with Crippen LogP contribution >= 0.6 is 0 Å². The number of para-hydroxylation sites is 1. The van der Waals surface area contributed by atoms with Crippen molar-refractivity contribution in [1.82, 2.24) is 10.3 Å². The molecule has 2 N–H and O–H groups in total. The second-order valence-corrected chi connectivity index (χ2v) is 9.70. The molecule has 0 unspecified atom stereocenters. The molecule has 0 amide bonds. The lowest BCUT2D eigenvalue weighted by Gasteiger charge is -2.18. The normalized spacial score (nSPS) is 12.2. The first-order chi connectivity index (χ1) is 20.0. The maximum absolute atomic E-state index is 12.5. The molecule has 0 bridgehead atoms. The highest BCUT2D eigenvalue weighted by Crippen LogP contribution is 2.28. The highest BCUT2D eigenvalue weighted by Gasteiger charge is 2.20. The van der Waals surface area contributed by atoms with Crippen LogP contribution in [0.3, 0.4) is 0 Å². The third-order valence-electron chi connectivity index (χ3n) is 6.76. The predicted molar refractivity (Wildman–Crippen MR) is 160 cm³/mol. The highest BCUT2D eigenvalue weighted by molar-refractivity contribution is 6.07. The second kappa shape index (κ2) is 12.9. The molecule has 0 aliphatic carbocycles. The number of ketones is 1. The van der Waals surface area contributed by atoms with Gasteiger partial charge in [0, 0.05) is 46.1 Å². The third kappa shape index (κ3) is 6.94. The summed E-state index contributed by atoms with van der Waals surface area (Å²) in [6, 6.07) is 30.1. The van der Waals surface area contributed by atoms with Crippen LogP contribution < -0.4 is 14.8 Å². The van der Waals surface area contributed by atoms with Gasteiger partial charge in [-0.05, 0) is 42.8 Å². The fourth-order valence-corrected chi connectivity index (χ4v) is 4.73. The predicted octanol–water partition coefficient (Wildman–Crippen LogP) is 6.24. The zero-order valence-corrected chi connectivity index (χ0v) is 23.1. The summed E-state index contributed by atoms with van der Waals surface area (Å²) in [7, 11) is 1.35. The van der Waals surface area contributed by atoms with Gasteiger partial charge in [0.25, 0.3) is 0 Å². The lowest BCUT2D eigenvalue weighted by atomic mass is 10.0. The molecule has 1 aromatic heterocycles. The monoisotopic (exact) mass is 548 g/mol. The summed E-state index contributed by atoms with van der Waals surface area (Å²) in [5.41, 5.74) is 4.22. The summed E-state index contributed by atoms with van der Waals surface area (Å²) in [6.07, 6.45) is 1.87. The van der Waals surface area contributed by atoms with E-state index in [1.165, 1.54) is 24.0 Å². The van der Waals surface area contributed by atoms with Crippen molar-refractivity contribution < 1.29 is 23.8 Å². The summed E-state index contributed by atoms with van der Waals surface area (Å²) in [4.78, 5) is 28.4. The van der Waals surface area contributed by atoms with E-state index in [4.69, 9.17) is 14.2 Å². The number of benzene rings is 4. The first-order valence-electron chi connectivity index (χ1n) is 13.5. The molecule has 7 nitrogen and oxygen atoms in total. The van der Waals surface area contributed by atoms with Gasteiger partial charge in [-0.2, -0.15) is 0 Å². The Morgan fingerprint density at radius 1 is 0.805 bits per heavy atom. The van der Waals surface area contributed by atoms with Crippen molar-refractivity contribution in [3.8, 4) is 11.5 Å². The zero-order chi connectivity index (χ0) is 28.6. The van der Waals surface area contributed by atoms with Crippen molar-refractivity contribution in [3.63, 3.8) is 0 Å². The minimum absolute atomic E-state index is 0.136. The van der Waals surface area contributed by atoms with Crippen molar-refractivity contribution >= 4 is 33.6 Å². The Labute approximate surface area is 238 Å². The number of fused-ring (bicyclic) bond motifs is 3. The fraction of sp³-hybridized carbons (Fsp3) is 0.176. The van der Waals surface area contributed by atoms with Gasteiger partial charge in [0.05, 0.1) is 12.6 Å². The molecular weight excluding hydrogens is 516 g/mol. The van der Waals surface area contributed by atoms with Crippen LogP contribution in [0.15, 0.2) is 109 Å². The van der Waals surface area contributed by atoms with Gasteiger partial charge in [-0.15, -0.1) is 0 Å². The lowest BCUT2D eigenvalue weighted by Crippen LogP contribution is -2.38. The first kappa shape index (κ1) is 27.5. The highest BCUT2D eigenvalue weighted by atomic mass is 16.5. The molecular formula is C34H32N2O5. The number of aromatic amines is 1. The molecule has 208 valence electrons. The maximum Gasteiger partial charge on any atom is 0.328 e. The first-order valence-corrected chi connectivity index (χ1v) is 13.5. The number of allylic oxidation sites excluding steroid dienone is 2. The number of esters is 1. The van der Waals surface area contributed by atoms with Gasteiger partial charge in [0.15, 0.2) is 5.78 Å². The van der Waals surface area contributed by atoms with Gasteiger partial charge >= 0.3 is 5.97 Å². The molecule has 0 spiro atoms. The molecule has 0 fully saturated rings. The molecule has 0 aliphatic heterocycles. The van der Waals surface area contributed by atoms with Crippen LogP contribution in [0.5, 0.6) is 11.5 Å². The zero-order valence-electron chi connectivity index (χ0n) is 23.1. The van der Waals surface area contributed by atoms with E-state index < -0.39 is 12.0 Å². The number of ether oxygens (including phenoxy) is 3. The van der Waals surface area contributed by atoms with E-state index in [-0.39, 0.29) is 5.78 Å². The molecule has 0 aliphatic rings. The summed E-state index contributed by atoms with van der Waals surface area (Å²) in [5, 5.41) is 5.48. The van der Waals surface area contributed by atoms with Gasteiger partial charge in [-0.1, -0.05) is 60.7 Å². The van der Waals surface area contributed by atoms with E-state index in [2.05, 4.69) is 28.5 Å². The van der Waals surface area contributed by atoms with E-state index >= 15 is 0 Å². The van der Waals surface area contributed by atoms with Crippen molar-refractivity contribution in [2.45, 2.75) is 19.4 Å². The molecule has 4 aromatic carbocycles. The smallest absolute Gasteiger partial charge is 0.328 e. The van der Waals surface area contributed by atoms with Crippen LogP contribution in [0.25, 0.3) is 21.8 Å². The molecule has 41 heavy (non-hydrogen) atoms. The Balaban J connectivity index is 1.12. The Morgan fingerprint density at radius 2 is 1.46 bits per heavy atom. The topological polar surface area (TPSA) is 89.7 Å². The van der Waals surface area contributed by atoms with Crippen molar-refractivity contribution in [1.29, 1.82) is 0 Å². The number of hydrogen-bond donors (Lipinski definition) is 2. The standard InChI is InChI=1S/C34H32N2O5/c1-23(20-33(37)25-8-4-3-5-9-25)35-32(34(38)39-2)21-24-12-14-26(15-13-24)40-18-19-41-27-16-17-29-28-10-6-7-11-30(28)36-31(29)22-27/h3-17,20,22,32,35-36H,18-19,21H2,1-2H3/b23-20-/t32-/m0/s1. The summed E-state index contributed by atoms with van der Waals surface area (Å²) >= 11 is 0. The largest absolute Gasteiger partial charge is 0.490 e. The van der Waals surface area contributed by atoms with Gasteiger partial charge in [0.2, 0.25) is 0 Å². The minimum Gasteiger partial charge on any atom is -0.490 e. The molecule has 5 aromatic rings. The number of nitrogens with one attached hydrogen (secondary N) is 2. The van der Waals surface area contributed by atoms with Crippen LogP contribution in [-0.4, -0.2) is 43.1 Å². The number of hydrogen-bond acceptors (Lipinski definition) is 6. The van der Waals surface area contributed by atoms with Crippen LogP contribution in [-0.2, 0) is 16.0 Å². The number of aromatic nitrogens is 1. The van der Waals surface area contributed by atoms with Crippen LogP contribution in [0.1, 0.15) is 22.8 Å². The Morgan fingerprint density at radius 3 is 2.22 bits per heavy atom. The third-order valence-corrected chi connectivity index (χ3v) is 6.76. The molecule has 0 radical (unpaired) electrons. The van der Waals surface area contributed by atoms with Crippen molar-refractivity contribution in [2.24, 2.45) is 0 Å². The number of carbonyl (C=O) groups excluding carboxylic acids is 2. The number of rotatable bonds is 12. The van der Waals surface area contributed by atoms with Crippen molar-refractivity contribution in [3.05, 3.63) is 120 Å². The van der Waals surface area contributed by atoms with E-state index in [1.54, 1.807) is 19.1 Å². The second-order valence-electron chi connectivity index (χ2n) is 9.70. The van der Waals surface area contributed by atoms with Gasteiger partial charge in [-0.3, -0.25) is 4.79 Å². The average molecular weight is 549 g/mol. The molecule has 0 saturated heterocycles. The van der Waals surface area contributed by atoms with E-state index in [0.29, 0.717) is 36.6 Å². The molecule has 1 heterocycles. The number of methoxy groups -OCH3 is 1. The van der Waals surface area contributed by atoms with Crippen LogP contribution in [0.4, 0.5) is 0 Å². The Kier molecular flexibility index (Phi) is 8.64. The summed E-state index contributed by atoms with van der Waals surface area (Å²) in [6.45, 7) is 2.54. The van der Waals surface area contributed by atoms with Crippen molar-refractivity contribution in [2.75, 3.05) is 20.3 Å². The SMILES string of the molecule is COC(=O)[C@H](Cc1ccc(OCCOc2ccc3c(c2)[nH]c2ccccc23)cc1)N/C(C)=C\C(=O)c1ccccc1. The molecule has 7 heteroatoms. The number of H-pyrrole nitrogens is 1. The summed E-state index contributed by atoms with van der Waals surface area (Å²) < 4.78 is 16.7.